The molecular weight excluding hydrogens is 294 g/mol. The predicted molar refractivity (Wildman–Crippen MR) is 87.0 cm³/mol. The van der Waals surface area contributed by atoms with Crippen molar-refractivity contribution in [2.24, 2.45) is 5.92 Å². The molecule has 1 aliphatic carbocycles. The van der Waals surface area contributed by atoms with E-state index in [1.807, 2.05) is 0 Å². The van der Waals surface area contributed by atoms with E-state index >= 15 is 0 Å². The molecule has 23 heavy (non-hydrogen) atoms. The van der Waals surface area contributed by atoms with Crippen LogP contribution in [0.2, 0.25) is 0 Å². The van der Waals surface area contributed by atoms with Crippen LogP contribution in [0.1, 0.15) is 68.6 Å². The summed E-state index contributed by atoms with van der Waals surface area (Å²) >= 11 is 0. The molecule has 1 amide bonds. The fraction of sp³-hybridized carbons (Fsp3) is 0.706. The van der Waals surface area contributed by atoms with E-state index in [1.54, 1.807) is 13.0 Å². The predicted octanol–water partition coefficient (Wildman–Crippen LogP) is 2.60. The van der Waals surface area contributed by atoms with Crippen molar-refractivity contribution >= 4 is 11.9 Å². The number of esters is 1. The van der Waals surface area contributed by atoms with E-state index in [9.17, 15) is 9.59 Å². The van der Waals surface area contributed by atoms with Crippen LogP contribution in [-0.2, 0) is 16.0 Å². The maximum Gasteiger partial charge on any atom is 0.359 e. The van der Waals surface area contributed by atoms with Gasteiger partial charge in [-0.1, -0.05) is 32.6 Å². The summed E-state index contributed by atoms with van der Waals surface area (Å²) in [5.41, 5.74) is 1.12. The van der Waals surface area contributed by atoms with Crippen LogP contribution in [0, 0.1) is 5.92 Å². The number of hydrogen-bond donors (Lipinski definition) is 2. The Morgan fingerprint density at radius 1 is 1.39 bits per heavy atom. The molecule has 1 saturated carbocycles. The first-order valence-electron chi connectivity index (χ1n) is 8.63. The van der Waals surface area contributed by atoms with Crippen LogP contribution in [0.3, 0.4) is 0 Å². The number of nitrogens with zero attached hydrogens (tertiary/aromatic N) is 1. The van der Waals surface area contributed by atoms with Gasteiger partial charge in [-0.2, -0.15) is 5.10 Å². The summed E-state index contributed by atoms with van der Waals surface area (Å²) in [6.45, 7) is 4.31. The monoisotopic (exact) mass is 321 g/mol. The van der Waals surface area contributed by atoms with Crippen molar-refractivity contribution < 1.29 is 14.3 Å². The molecule has 0 aliphatic heterocycles. The second kappa shape index (κ2) is 8.70. The molecule has 0 spiro atoms. The number of ether oxygens (including phenoxy) is 1. The average molecular weight is 321 g/mol. The van der Waals surface area contributed by atoms with Crippen molar-refractivity contribution in [1.29, 1.82) is 0 Å². The molecule has 0 radical (unpaired) electrons. The number of rotatable bonds is 7. The molecule has 128 valence electrons. The van der Waals surface area contributed by atoms with Crippen LogP contribution >= 0.6 is 0 Å². The summed E-state index contributed by atoms with van der Waals surface area (Å²) in [4.78, 5) is 24.0. The van der Waals surface area contributed by atoms with Gasteiger partial charge >= 0.3 is 5.97 Å². The lowest BCUT2D eigenvalue weighted by Crippen LogP contribution is -2.38. The Kier molecular flexibility index (Phi) is 6.62. The Labute approximate surface area is 137 Å². The molecule has 1 aromatic heterocycles. The summed E-state index contributed by atoms with van der Waals surface area (Å²) < 4.78 is 5.20. The van der Waals surface area contributed by atoms with Gasteiger partial charge in [-0.3, -0.25) is 9.89 Å². The molecule has 0 aromatic carbocycles. The second-order valence-corrected chi connectivity index (χ2v) is 6.33. The molecule has 2 rings (SSSR count). The van der Waals surface area contributed by atoms with Gasteiger partial charge in [0.1, 0.15) is 0 Å². The smallest absolute Gasteiger partial charge is 0.359 e. The number of carbonyl (C=O) groups is 2. The van der Waals surface area contributed by atoms with Gasteiger partial charge in [-0.25, -0.2) is 4.79 Å². The van der Waals surface area contributed by atoms with Gasteiger partial charge in [0.15, 0.2) is 11.8 Å². The minimum absolute atomic E-state index is 0.223. The topological polar surface area (TPSA) is 84.1 Å². The van der Waals surface area contributed by atoms with Crippen LogP contribution in [0.25, 0.3) is 0 Å². The van der Waals surface area contributed by atoms with Gasteiger partial charge in [-0.15, -0.1) is 0 Å². The zero-order valence-electron chi connectivity index (χ0n) is 14.1. The summed E-state index contributed by atoms with van der Waals surface area (Å²) in [6, 6.07) is 1.68. The fourth-order valence-electron chi connectivity index (χ4n) is 2.92. The number of carbonyl (C=O) groups excluding carboxylic acids is 2. The number of H-pyrrole nitrogens is 1. The molecule has 1 unspecified atom stereocenters. The highest BCUT2D eigenvalue weighted by Gasteiger charge is 2.22. The highest BCUT2D eigenvalue weighted by molar-refractivity contribution is 5.90. The van der Waals surface area contributed by atoms with E-state index in [1.165, 1.54) is 32.1 Å². The SMILES string of the molecule is CCCc1cc(C(=O)OC(C)C(=O)NCC2CCCCC2)n[nH]1. The van der Waals surface area contributed by atoms with Crippen LogP contribution in [-0.4, -0.2) is 34.7 Å². The first-order chi connectivity index (χ1) is 11.1. The zero-order chi connectivity index (χ0) is 16.7. The minimum atomic E-state index is -0.808. The van der Waals surface area contributed by atoms with Crippen molar-refractivity contribution in [2.75, 3.05) is 6.54 Å². The first-order valence-corrected chi connectivity index (χ1v) is 8.63. The molecule has 6 nitrogen and oxygen atoms in total. The molecule has 1 aliphatic rings. The average Bonchev–Trinajstić information content (AvgIpc) is 3.02. The molecule has 2 N–H and O–H groups in total. The van der Waals surface area contributed by atoms with E-state index in [2.05, 4.69) is 22.4 Å². The lowest BCUT2D eigenvalue weighted by atomic mass is 9.89. The van der Waals surface area contributed by atoms with E-state index in [-0.39, 0.29) is 11.6 Å². The van der Waals surface area contributed by atoms with Crippen LogP contribution in [0.4, 0.5) is 0 Å². The molecular formula is C17H27N3O3. The van der Waals surface area contributed by atoms with Crippen molar-refractivity contribution in [3.05, 3.63) is 17.5 Å². The third-order valence-electron chi connectivity index (χ3n) is 4.30. The Balaban J connectivity index is 1.76. The zero-order valence-corrected chi connectivity index (χ0v) is 14.1. The second-order valence-electron chi connectivity index (χ2n) is 6.33. The largest absolute Gasteiger partial charge is 0.448 e. The Hall–Kier alpha value is -1.85. The van der Waals surface area contributed by atoms with Crippen LogP contribution in [0.5, 0.6) is 0 Å². The third-order valence-corrected chi connectivity index (χ3v) is 4.30. The van der Waals surface area contributed by atoms with Crippen molar-refractivity contribution in [3.8, 4) is 0 Å². The third kappa shape index (κ3) is 5.37. The van der Waals surface area contributed by atoms with Crippen LogP contribution in [0.15, 0.2) is 6.07 Å². The Bertz CT molecular complexity index is 521. The Morgan fingerprint density at radius 2 is 2.13 bits per heavy atom. The summed E-state index contributed by atoms with van der Waals surface area (Å²) in [7, 11) is 0. The summed E-state index contributed by atoms with van der Waals surface area (Å²) in [5.74, 6) is -0.254. The van der Waals surface area contributed by atoms with Crippen molar-refractivity contribution in [3.63, 3.8) is 0 Å². The summed E-state index contributed by atoms with van der Waals surface area (Å²) in [6.07, 6.45) is 7.10. The van der Waals surface area contributed by atoms with Gasteiger partial charge in [0.25, 0.3) is 5.91 Å². The van der Waals surface area contributed by atoms with Crippen molar-refractivity contribution in [2.45, 2.75) is 64.9 Å². The van der Waals surface area contributed by atoms with Gasteiger partial charge in [0.05, 0.1) is 0 Å². The molecule has 0 saturated heterocycles. The normalized spacial score (nSPS) is 16.8. The Morgan fingerprint density at radius 3 is 2.83 bits per heavy atom. The van der Waals surface area contributed by atoms with Crippen molar-refractivity contribution in [1.82, 2.24) is 15.5 Å². The lowest BCUT2D eigenvalue weighted by Gasteiger charge is -2.22. The number of aromatic nitrogens is 2. The molecule has 1 fully saturated rings. The van der Waals surface area contributed by atoms with Crippen LogP contribution < -0.4 is 5.32 Å². The highest BCUT2D eigenvalue weighted by atomic mass is 16.5. The van der Waals surface area contributed by atoms with E-state index in [4.69, 9.17) is 4.74 Å². The number of hydrogen-bond acceptors (Lipinski definition) is 4. The molecule has 6 heteroatoms. The van der Waals surface area contributed by atoms with E-state index in [0.717, 1.165) is 18.5 Å². The molecule has 0 bridgehead atoms. The fourth-order valence-corrected chi connectivity index (χ4v) is 2.92. The van der Waals surface area contributed by atoms with Gasteiger partial charge in [0.2, 0.25) is 0 Å². The molecule has 1 heterocycles. The molecule has 1 atom stereocenters. The maximum atomic E-state index is 12.0. The number of aromatic amines is 1. The standard InChI is InChI=1S/C17H27N3O3/c1-3-7-14-10-15(20-19-14)17(22)23-12(2)16(21)18-11-13-8-5-4-6-9-13/h10,12-13H,3-9,11H2,1-2H3,(H,18,21)(H,19,20). The van der Waals surface area contributed by atoms with Gasteiger partial charge < -0.3 is 10.1 Å². The quantitative estimate of drug-likeness (QED) is 0.756. The number of nitrogens with one attached hydrogen (secondary N) is 2. The summed E-state index contributed by atoms with van der Waals surface area (Å²) in [5, 5.41) is 9.63. The van der Waals surface area contributed by atoms with Gasteiger partial charge in [-0.05, 0) is 38.2 Å². The molecule has 1 aromatic rings. The number of aryl methyl sites for hydroxylation is 1. The van der Waals surface area contributed by atoms with E-state index in [0.29, 0.717) is 12.5 Å². The number of amides is 1. The maximum absolute atomic E-state index is 12.0. The first kappa shape index (κ1) is 17.5. The van der Waals surface area contributed by atoms with E-state index < -0.39 is 12.1 Å². The highest BCUT2D eigenvalue weighted by Crippen LogP contribution is 2.22. The lowest BCUT2D eigenvalue weighted by molar-refractivity contribution is -0.129. The van der Waals surface area contributed by atoms with Gasteiger partial charge in [0, 0.05) is 12.2 Å². The minimum Gasteiger partial charge on any atom is -0.448 e.